The van der Waals surface area contributed by atoms with E-state index < -0.39 is 6.10 Å². The van der Waals surface area contributed by atoms with E-state index in [2.05, 4.69) is 20.4 Å². The number of rotatable bonds is 6. The molecule has 2 aromatic carbocycles. The molecule has 1 aromatic heterocycles. The minimum absolute atomic E-state index is 0.0395. The van der Waals surface area contributed by atoms with E-state index in [1.54, 1.807) is 0 Å². The normalized spacial score (nSPS) is 17.5. The number of amides is 2. The van der Waals surface area contributed by atoms with E-state index in [1.165, 1.54) is 23.3 Å². The van der Waals surface area contributed by atoms with Gasteiger partial charge < -0.3 is 19.9 Å². The van der Waals surface area contributed by atoms with Gasteiger partial charge in [0.25, 0.3) is 11.8 Å². The second-order valence-corrected chi connectivity index (χ2v) is 10.1. The first kappa shape index (κ1) is 23.3. The third-order valence-electron chi connectivity index (χ3n) is 6.37. The summed E-state index contributed by atoms with van der Waals surface area (Å²) in [4.78, 5) is 29.8. The Hall–Kier alpha value is -3.46. The molecule has 9 heteroatoms. The number of nitrogens with one attached hydrogen (secondary N) is 1. The number of carbonyl (C=O) groups excluding carboxylic acids is 2. The number of likely N-dealkylation sites (tertiary alicyclic amines) is 1. The molecule has 0 saturated carbocycles. The van der Waals surface area contributed by atoms with Gasteiger partial charge in [0.1, 0.15) is 10.8 Å². The van der Waals surface area contributed by atoms with Gasteiger partial charge in [0, 0.05) is 19.6 Å². The Morgan fingerprint density at radius 2 is 1.83 bits per heavy atom. The van der Waals surface area contributed by atoms with Crippen molar-refractivity contribution in [1.82, 2.24) is 20.4 Å². The maximum Gasteiger partial charge on any atom is 0.282 e. The molecule has 8 nitrogen and oxygen atoms in total. The van der Waals surface area contributed by atoms with Crippen molar-refractivity contribution in [1.29, 1.82) is 0 Å². The number of hydrogen-bond donors (Lipinski definition) is 1. The zero-order chi connectivity index (χ0) is 24.2. The van der Waals surface area contributed by atoms with Crippen LogP contribution in [0.15, 0.2) is 48.5 Å². The summed E-state index contributed by atoms with van der Waals surface area (Å²) in [6.07, 6.45) is 2.69. The van der Waals surface area contributed by atoms with Crippen molar-refractivity contribution < 1.29 is 14.3 Å². The van der Waals surface area contributed by atoms with Crippen LogP contribution in [0.25, 0.3) is 0 Å². The minimum Gasteiger partial charge on any atom is -0.477 e. The largest absolute Gasteiger partial charge is 0.477 e. The first-order valence-electron chi connectivity index (χ1n) is 12.0. The molecule has 182 valence electrons. The number of ether oxygens (including phenoxy) is 1. The molecule has 2 aliphatic rings. The highest BCUT2D eigenvalue weighted by molar-refractivity contribution is 7.13. The molecule has 5 rings (SSSR count). The van der Waals surface area contributed by atoms with Crippen LogP contribution in [0.4, 0.5) is 5.69 Å². The molecule has 1 fully saturated rings. The van der Waals surface area contributed by atoms with Crippen LogP contribution in [-0.2, 0) is 17.9 Å². The summed E-state index contributed by atoms with van der Waals surface area (Å²) in [5, 5.41) is 12.3. The van der Waals surface area contributed by atoms with E-state index in [0.717, 1.165) is 37.2 Å². The zero-order valence-corrected chi connectivity index (χ0v) is 20.6. The number of anilines is 1. The smallest absolute Gasteiger partial charge is 0.282 e. The average Bonchev–Trinajstić information content (AvgIpc) is 3.37. The third-order valence-corrected chi connectivity index (χ3v) is 7.27. The molecule has 1 atom stereocenters. The number of hydrogen-bond acceptors (Lipinski definition) is 7. The Bertz CT molecular complexity index is 1190. The van der Waals surface area contributed by atoms with E-state index in [0.29, 0.717) is 35.4 Å². The van der Waals surface area contributed by atoms with E-state index >= 15 is 0 Å². The maximum absolute atomic E-state index is 13.2. The molecule has 2 aliphatic heterocycles. The van der Waals surface area contributed by atoms with Crippen LogP contribution in [0.2, 0.25) is 0 Å². The predicted molar refractivity (Wildman–Crippen MR) is 135 cm³/mol. The number of aryl methyl sites for hydroxylation is 1. The fraction of sp³-hybridized carbons (Fsp3) is 0.385. The molecule has 35 heavy (non-hydrogen) atoms. The lowest BCUT2D eigenvalue weighted by Crippen LogP contribution is -2.51. The highest BCUT2D eigenvalue weighted by Gasteiger charge is 2.34. The van der Waals surface area contributed by atoms with Crippen molar-refractivity contribution in [3.05, 3.63) is 69.7 Å². The number of aromatic nitrogens is 2. The van der Waals surface area contributed by atoms with Gasteiger partial charge >= 0.3 is 0 Å². The van der Waals surface area contributed by atoms with Gasteiger partial charge in [-0.05, 0) is 43.9 Å². The van der Waals surface area contributed by atoms with Gasteiger partial charge in [-0.3, -0.25) is 9.59 Å². The summed E-state index contributed by atoms with van der Waals surface area (Å²) in [6, 6.07) is 15.8. The van der Waals surface area contributed by atoms with Crippen LogP contribution in [-0.4, -0.2) is 52.6 Å². The molecule has 3 heterocycles. The Morgan fingerprint density at radius 1 is 1.06 bits per heavy atom. The molecular formula is C26H29N5O3S. The summed E-state index contributed by atoms with van der Waals surface area (Å²) in [6.45, 7) is 4.93. The summed E-state index contributed by atoms with van der Waals surface area (Å²) in [5.74, 6) is 0.488. The van der Waals surface area contributed by atoms with Crippen LogP contribution in [0.1, 0.15) is 45.2 Å². The van der Waals surface area contributed by atoms with Crippen molar-refractivity contribution >= 4 is 28.8 Å². The van der Waals surface area contributed by atoms with Crippen LogP contribution >= 0.6 is 11.3 Å². The fourth-order valence-corrected chi connectivity index (χ4v) is 5.21. The Morgan fingerprint density at radius 3 is 2.63 bits per heavy atom. The standard InChI is InChI=1S/C26H29N5O3S/c1-18-9-11-19(12-10-18)15-27-24(32)25-29-28-23(35-25)17-31-16-22(26(33)30-13-5-2-6-14-30)34-21-8-4-3-7-20(21)31/h3-4,7-12,22H,2,5-6,13-17H2,1H3,(H,27,32). The van der Waals surface area contributed by atoms with Crippen LogP contribution in [0.5, 0.6) is 5.75 Å². The van der Waals surface area contributed by atoms with Crippen LogP contribution < -0.4 is 15.0 Å². The van der Waals surface area contributed by atoms with E-state index in [-0.39, 0.29) is 11.8 Å². The topological polar surface area (TPSA) is 87.7 Å². The summed E-state index contributed by atoms with van der Waals surface area (Å²) >= 11 is 1.27. The lowest BCUT2D eigenvalue weighted by atomic mass is 10.1. The average molecular weight is 492 g/mol. The van der Waals surface area contributed by atoms with Gasteiger partial charge in [-0.15, -0.1) is 10.2 Å². The second kappa shape index (κ2) is 10.4. The first-order valence-corrected chi connectivity index (χ1v) is 12.8. The molecule has 0 radical (unpaired) electrons. The van der Waals surface area contributed by atoms with Crippen molar-refractivity contribution in [2.45, 2.75) is 45.4 Å². The monoisotopic (exact) mass is 491 g/mol. The van der Waals surface area contributed by atoms with Crippen molar-refractivity contribution in [3.63, 3.8) is 0 Å². The quantitative estimate of drug-likeness (QED) is 0.567. The number of fused-ring (bicyclic) bond motifs is 1. The van der Waals surface area contributed by atoms with Crippen LogP contribution in [0.3, 0.4) is 0 Å². The Balaban J connectivity index is 1.26. The summed E-state index contributed by atoms with van der Waals surface area (Å²) < 4.78 is 6.11. The molecule has 3 aromatic rings. The van der Waals surface area contributed by atoms with Gasteiger partial charge in [-0.25, -0.2) is 0 Å². The fourth-order valence-electron chi connectivity index (χ4n) is 4.44. The van der Waals surface area contributed by atoms with E-state index in [1.807, 2.05) is 60.4 Å². The molecular weight excluding hydrogens is 462 g/mol. The van der Waals surface area contributed by atoms with Gasteiger partial charge in [-0.2, -0.15) is 0 Å². The number of carbonyl (C=O) groups is 2. The molecule has 2 amide bonds. The highest BCUT2D eigenvalue weighted by atomic mass is 32.1. The molecule has 1 N–H and O–H groups in total. The number of piperidine rings is 1. The Kier molecular flexibility index (Phi) is 6.94. The highest BCUT2D eigenvalue weighted by Crippen LogP contribution is 2.35. The van der Waals surface area contributed by atoms with Crippen molar-refractivity contribution in [3.8, 4) is 5.75 Å². The molecule has 0 bridgehead atoms. The van der Waals surface area contributed by atoms with Gasteiger partial charge in [0.15, 0.2) is 6.10 Å². The van der Waals surface area contributed by atoms with Crippen LogP contribution in [0, 0.1) is 6.92 Å². The SMILES string of the molecule is Cc1ccc(CNC(=O)c2nnc(CN3CC(C(=O)N4CCCCC4)Oc4ccccc43)s2)cc1. The third kappa shape index (κ3) is 5.45. The summed E-state index contributed by atoms with van der Waals surface area (Å²) in [7, 11) is 0. The number of benzene rings is 2. The minimum atomic E-state index is -0.562. The molecule has 1 saturated heterocycles. The lowest BCUT2D eigenvalue weighted by Gasteiger charge is -2.38. The molecule has 0 spiro atoms. The van der Waals surface area contributed by atoms with E-state index in [9.17, 15) is 9.59 Å². The number of para-hydroxylation sites is 2. The van der Waals surface area contributed by atoms with Gasteiger partial charge in [-0.1, -0.05) is 53.3 Å². The molecule has 1 unspecified atom stereocenters. The predicted octanol–water partition coefficient (Wildman–Crippen LogP) is 3.56. The summed E-state index contributed by atoms with van der Waals surface area (Å²) in [5.41, 5.74) is 3.12. The lowest BCUT2D eigenvalue weighted by molar-refractivity contribution is -0.139. The maximum atomic E-state index is 13.2. The molecule has 0 aliphatic carbocycles. The van der Waals surface area contributed by atoms with E-state index in [4.69, 9.17) is 4.74 Å². The second-order valence-electron chi connectivity index (χ2n) is 9.01. The van der Waals surface area contributed by atoms with Crippen molar-refractivity contribution in [2.75, 3.05) is 24.5 Å². The van der Waals surface area contributed by atoms with Crippen molar-refractivity contribution in [2.24, 2.45) is 0 Å². The first-order chi connectivity index (χ1) is 17.1. The van der Waals surface area contributed by atoms with Gasteiger partial charge in [0.05, 0.1) is 18.8 Å². The Labute approximate surface area is 208 Å². The van der Waals surface area contributed by atoms with Gasteiger partial charge in [0.2, 0.25) is 5.01 Å². The number of nitrogens with zero attached hydrogens (tertiary/aromatic N) is 4. The zero-order valence-electron chi connectivity index (χ0n) is 19.8.